The number of amides is 3. The number of benzene rings is 4. The lowest BCUT2D eigenvalue weighted by Crippen LogP contribution is -2.54. The van der Waals surface area contributed by atoms with E-state index in [-0.39, 0.29) is 30.1 Å². The second kappa shape index (κ2) is 22.1. The first-order valence-electron chi connectivity index (χ1n) is 19.9. The summed E-state index contributed by atoms with van der Waals surface area (Å²) >= 11 is 5.22. The zero-order valence-corrected chi connectivity index (χ0v) is 34.0. The number of fused-ring (bicyclic) bond motifs is 2. The van der Waals surface area contributed by atoms with Gasteiger partial charge in [0.25, 0.3) is 0 Å². The predicted molar refractivity (Wildman–Crippen MR) is 229 cm³/mol. The molecule has 0 aliphatic heterocycles. The summed E-state index contributed by atoms with van der Waals surface area (Å²) in [6.45, 7) is 9.31. The first-order chi connectivity index (χ1) is 26.5. The second-order valence-electron chi connectivity index (χ2n) is 15.3. The van der Waals surface area contributed by atoms with Crippen molar-refractivity contribution in [2.75, 3.05) is 20.1 Å². The van der Waals surface area contributed by atoms with Crippen LogP contribution in [0.25, 0.3) is 21.5 Å². The van der Waals surface area contributed by atoms with E-state index >= 15 is 0 Å². The Labute approximate surface area is 332 Å². The Hall–Kier alpha value is -4.54. The van der Waals surface area contributed by atoms with Crippen molar-refractivity contribution in [3.8, 4) is 0 Å². The number of hydrogen-bond acceptors (Lipinski definition) is 5. The van der Waals surface area contributed by atoms with Crippen LogP contribution in [0.4, 0.5) is 0 Å². The molecule has 9 nitrogen and oxygen atoms in total. The molecule has 4 aromatic carbocycles. The topological polar surface area (TPSA) is 132 Å². The zero-order valence-electron chi connectivity index (χ0n) is 33.2. The molecule has 55 heavy (non-hydrogen) atoms. The molecular formula is C45H61N5O4S. The van der Waals surface area contributed by atoms with E-state index in [1.807, 2.05) is 44.2 Å². The van der Waals surface area contributed by atoms with Crippen LogP contribution in [0.3, 0.4) is 0 Å². The third-order valence-electron chi connectivity index (χ3n) is 10.3. The van der Waals surface area contributed by atoms with Crippen molar-refractivity contribution in [3.63, 3.8) is 0 Å². The molecule has 10 heteroatoms. The molecule has 4 rings (SSSR count). The van der Waals surface area contributed by atoms with E-state index in [2.05, 4.69) is 95.0 Å². The molecule has 296 valence electrons. The van der Waals surface area contributed by atoms with Gasteiger partial charge in [-0.3, -0.25) is 14.4 Å². The molecule has 0 saturated carbocycles. The Morgan fingerprint density at radius 3 is 2.22 bits per heavy atom. The van der Waals surface area contributed by atoms with Gasteiger partial charge < -0.3 is 31.7 Å². The van der Waals surface area contributed by atoms with Crippen LogP contribution < -0.4 is 26.6 Å². The minimum Gasteiger partial charge on any atom is -0.390 e. The van der Waals surface area contributed by atoms with E-state index in [1.165, 1.54) is 0 Å². The van der Waals surface area contributed by atoms with Crippen LogP contribution in [0.1, 0.15) is 77.3 Å². The molecule has 0 aromatic heterocycles. The van der Waals surface area contributed by atoms with Crippen LogP contribution in [-0.2, 0) is 27.2 Å². The van der Waals surface area contributed by atoms with Gasteiger partial charge in [0.1, 0.15) is 6.04 Å². The quantitative estimate of drug-likeness (QED) is 0.0417. The summed E-state index contributed by atoms with van der Waals surface area (Å²) in [4.78, 5) is 41.5. The summed E-state index contributed by atoms with van der Waals surface area (Å²) in [5.74, 6) is -0.829. The summed E-state index contributed by atoms with van der Waals surface area (Å²) in [7, 11) is 1.76. The lowest BCUT2D eigenvalue weighted by atomic mass is 9.88. The van der Waals surface area contributed by atoms with Crippen molar-refractivity contribution in [2.24, 2.45) is 17.8 Å². The number of hydrogen-bond donors (Lipinski definition) is 6. The molecule has 0 aliphatic rings. The molecule has 0 fully saturated rings. The lowest BCUT2D eigenvalue weighted by molar-refractivity contribution is -0.132. The minimum absolute atomic E-state index is 0.124. The summed E-state index contributed by atoms with van der Waals surface area (Å²) < 4.78 is 0. The van der Waals surface area contributed by atoms with Crippen LogP contribution in [0, 0.1) is 17.8 Å². The maximum absolute atomic E-state index is 14.5. The number of aliphatic hydroxyl groups is 1. The van der Waals surface area contributed by atoms with E-state index in [1.54, 1.807) is 7.05 Å². The largest absolute Gasteiger partial charge is 0.390 e. The minimum atomic E-state index is -1.08. The number of nitrogens with one attached hydrogen (secondary N) is 5. The standard InChI is InChI=1S/C45H61N5O4S/c1-6-31(4)29-48-42(52)28-41(51)40(24-30(2)3)50-44(54)39(20-11-12-23-47-45(55)46-5)49-43(53)37(26-32-21-22-33-14-7-8-16-35(33)25-32)27-36-18-13-17-34-15-9-10-19-38(34)36/h7-10,13-19,21-22,25,30-31,37,39-41,51H,6,11-12,20,23-24,26-29H2,1-5H3,(H,48,52)(H,49,53)(H,50,54)(H2,46,47,55). The maximum atomic E-state index is 14.5. The highest BCUT2D eigenvalue weighted by molar-refractivity contribution is 7.80. The van der Waals surface area contributed by atoms with Crippen LogP contribution in [0.5, 0.6) is 0 Å². The summed E-state index contributed by atoms with van der Waals surface area (Å²) in [6, 6.07) is 27.3. The predicted octanol–water partition coefficient (Wildman–Crippen LogP) is 6.59. The van der Waals surface area contributed by atoms with Crippen LogP contribution in [-0.4, -0.2) is 66.3 Å². The van der Waals surface area contributed by atoms with Crippen molar-refractivity contribution in [3.05, 3.63) is 96.1 Å². The molecule has 4 aromatic rings. The Kier molecular flexibility index (Phi) is 17.4. The number of carbonyl (C=O) groups excluding carboxylic acids is 3. The highest BCUT2D eigenvalue weighted by atomic mass is 32.1. The van der Waals surface area contributed by atoms with E-state index < -0.39 is 24.1 Å². The molecule has 5 unspecified atom stereocenters. The van der Waals surface area contributed by atoms with Gasteiger partial charge in [-0.05, 0) is 95.3 Å². The first-order valence-corrected chi connectivity index (χ1v) is 20.3. The van der Waals surface area contributed by atoms with Gasteiger partial charge in [0.2, 0.25) is 17.7 Å². The molecule has 5 atom stereocenters. The third kappa shape index (κ3) is 13.9. The molecular weight excluding hydrogens is 707 g/mol. The van der Waals surface area contributed by atoms with Gasteiger partial charge in [-0.15, -0.1) is 0 Å². The first kappa shape index (κ1) is 43.2. The van der Waals surface area contributed by atoms with Gasteiger partial charge in [0, 0.05) is 26.1 Å². The van der Waals surface area contributed by atoms with Gasteiger partial charge in [-0.2, -0.15) is 0 Å². The highest BCUT2D eigenvalue weighted by Crippen LogP contribution is 2.25. The molecule has 0 aliphatic carbocycles. The average molecular weight is 768 g/mol. The monoisotopic (exact) mass is 767 g/mol. The summed E-state index contributed by atoms with van der Waals surface area (Å²) in [5.41, 5.74) is 2.11. The number of rotatable bonds is 21. The fraction of sp³-hybridized carbons (Fsp3) is 0.467. The van der Waals surface area contributed by atoms with E-state index in [0.717, 1.165) is 45.5 Å². The fourth-order valence-electron chi connectivity index (χ4n) is 6.91. The summed E-state index contributed by atoms with van der Waals surface area (Å²) in [6.07, 6.45) is 2.94. The maximum Gasteiger partial charge on any atom is 0.242 e. The molecule has 0 bridgehead atoms. The third-order valence-corrected chi connectivity index (χ3v) is 10.7. The van der Waals surface area contributed by atoms with Gasteiger partial charge in [0.15, 0.2) is 5.11 Å². The Balaban J connectivity index is 1.58. The fourth-order valence-corrected chi connectivity index (χ4v) is 7.01. The Morgan fingerprint density at radius 1 is 0.782 bits per heavy atom. The van der Waals surface area contributed by atoms with Gasteiger partial charge in [-0.1, -0.05) is 119 Å². The number of unbranched alkanes of at least 4 members (excludes halogenated alkanes) is 1. The van der Waals surface area contributed by atoms with E-state index in [0.29, 0.717) is 56.2 Å². The normalized spacial score (nSPS) is 14.1. The van der Waals surface area contributed by atoms with Gasteiger partial charge in [0.05, 0.1) is 18.6 Å². The van der Waals surface area contributed by atoms with Crippen molar-refractivity contribution >= 4 is 56.6 Å². The van der Waals surface area contributed by atoms with Crippen LogP contribution in [0.2, 0.25) is 0 Å². The average Bonchev–Trinajstić information content (AvgIpc) is 3.18. The van der Waals surface area contributed by atoms with Crippen molar-refractivity contribution in [1.29, 1.82) is 0 Å². The Morgan fingerprint density at radius 2 is 1.49 bits per heavy atom. The molecule has 0 saturated heterocycles. The molecule has 6 N–H and O–H groups in total. The van der Waals surface area contributed by atoms with Crippen molar-refractivity contribution in [2.45, 2.75) is 97.2 Å². The molecule has 0 spiro atoms. The SMILES string of the molecule is CCC(C)CNC(=O)CC(O)C(CC(C)C)NC(=O)C(CCCCNC(=S)NC)NC(=O)C(Cc1ccc2ccccc2c1)Cc1cccc2ccccc12. The van der Waals surface area contributed by atoms with Gasteiger partial charge >= 0.3 is 0 Å². The molecule has 0 radical (unpaired) electrons. The smallest absolute Gasteiger partial charge is 0.242 e. The van der Waals surface area contributed by atoms with E-state index in [9.17, 15) is 19.5 Å². The number of carbonyl (C=O) groups is 3. The highest BCUT2D eigenvalue weighted by Gasteiger charge is 2.31. The van der Waals surface area contributed by atoms with E-state index in [4.69, 9.17) is 12.2 Å². The van der Waals surface area contributed by atoms with Crippen molar-refractivity contribution in [1.82, 2.24) is 26.6 Å². The lowest BCUT2D eigenvalue weighted by Gasteiger charge is -2.29. The van der Waals surface area contributed by atoms with Crippen LogP contribution >= 0.6 is 12.2 Å². The van der Waals surface area contributed by atoms with Crippen molar-refractivity contribution < 1.29 is 19.5 Å². The van der Waals surface area contributed by atoms with Gasteiger partial charge in [-0.25, -0.2) is 0 Å². The molecule has 3 amide bonds. The summed E-state index contributed by atoms with van der Waals surface area (Å²) in [5, 5.41) is 31.4. The second-order valence-corrected chi connectivity index (χ2v) is 15.7. The molecule has 0 heterocycles. The van der Waals surface area contributed by atoms with Crippen LogP contribution in [0.15, 0.2) is 84.9 Å². The number of aliphatic hydroxyl groups excluding tert-OH is 1. The Bertz CT molecular complexity index is 1860. The number of thiocarbonyl (C=S) groups is 1. The zero-order chi connectivity index (χ0) is 39.7.